The van der Waals surface area contributed by atoms with Gasteiger partial charge >= 0.3 is 52.6 Å². The molecule has 0 bridgehead atoms. The second-order valence-electron chi connectivity index (χ2n) is 24.1. The summed E-state index contributed by atoms with van der Waals surface area (Å²) in [6, 6.07) is 7.71. The summed E-state index contributed by atoms with van der Waals surface area (Å²) in [4.78, 5) is 98.9. The van der Waals surface area contributed by atoms with E-state index < -0.39 is 158 Å². The van der Waals surface area contributed by atoms with E-state index in [-0.39, 0.29) is 80.9 Å². The average molecular weight is 1660 g/mol. The molecular weight excluding hydrogens is 1580 g/mol. The van der Waals surface area contributed by atoms with E-state index in [1.807, 2.05) is 4.98 Å². The van der Waals surface area contributed by atoms with Crippen LogP contribution < -0.4 is 21.5 Å². The van der Waals surface area contributed by atoms with Crippen molar-refractivity contribution in [2.24, 2.45) is 0 Å². The maximum atomic E-state index is 12.9. The number of unbranched alkanes of at least 4 members (excludes halogenated alkanes) is 5. The van der Waals surface area contributed by atoms with Gasteiger partial charge in [0.25, 0.3) is 35.9 Å². The van der Waals surface area contributed by atoms with E-state index in [0.29, 0.717) is 66.0 Å². The smallest absolute Gasteiger partial charge is 0.490 e. The van der Waals surface area contributed by atoms with Crippen LogP contribution in [0.1, 0.15) is 121 Å². The Kier molecular flexibility index (Phi) is 29.4. The Morgan fingerprint density at radius 2 is 1.26 bits per heavy atom. The number of ether oxygens (including phenoxy) is 1. The van der Waals surface area contributed by atoms with E-state index in [2.05, 4.69) is 35.9 Å². The van der Waals surface area contributed by atoms with Crippen molar-refractivity contribution in [3.05, 3.63) is 116 Å². The van der Waals surface area contributed by atoms with E-state index in [1.54, 1.807) is 60.6 Å². The highest BCUT2D eigenvalue weighted by Crippen LogP contribution is 2.75. The standard InChI is InChI=1S/C52H77N5O36P6S4/c1-36-34-57(50(61)54-49(36)60)48-33-43(58)44(88-48)35-87-95(64,65)90-97(68,69)92-99(72,73)93-98(70,71)91-96(66,67)89-94(62,63)86-28-14-6-5-13-25-53-47(59)19-11-8-12-24-52(4)40-32-38(103(83,84)85)21-23-42(40)56(27-16-30-101(77,78)79)46(52)18-10-7-9-17-45-51(2,3)39-31-37(102(80,81)82)20-22-41(39)55(45)26-15-29-100(74,75)76/h7,9-10,17-18,20-23,31-32,34,43-44,48,58H,5-6,8,11-16,19,24-30,33,35H2,1-4H3,(H11-,53,54,59,60,61,62,63,64,65,66,67,68,69,70,71,72,73,74,75,76,77,78,79,80,81,82,83,84,85)/t43-,44+,48+,52?/m0/s1. The highest BCUT2D eigenvalue weighted by Gasteiger charge is 2.51. The Hall–Kier alpha value is -4.30. The third-order valence-electron chi connectivity index (χ3n) is 15.8. The number of benzene rings is 2. The molecule has 3 aromatic rings. The van der Waals surface area contributed by atoms with Crippen LogP contribution >= 0.6 is 46.9 Å². The molecule has 3 aliphatic heterocycles. The zero-order chi connectivity index (χ0) is 77.4. The molecule has 0 spiro atoms. The number of nitrogens with zero attached hydrogens (tertiary/aromatic N) is 3. The summed E-state index contributed by atoms with van der Waals surface area (Å²) in [7, 11) is -56.0. The van der Waals surface area contributed by atoms with E-state index in [9.17, 15) is 128 Å². The van der Waals surface area contributed by atoms with Crippen LogP contribution in [0.4, 0.5) is 11.4 Å². The lowest BCUT2D eigenvalue weighted by atomic mass is 9.77. The molecule has 0 saturated carbocycles. The van der Waals surface area contributed by atoms with Crippen LogP contribution in [0.5, 0.6) is 0 Å². The lowest BCUT2D eigenvalue weighted by Crippen LogP contribution is -2.33. The van der Waals surface area contributed by atoms with Gasteiger partial charge in [-0.05, 0) is 102 Å². The van der Waals surface area contributed by atoms with Crippen molar-refractivity contribution in [1.82, 2.24) is 14.9 Å². The molecule has 1 fully saturated rings. The number of aromatic amines is 1. The summed E-state index contributed by atoms with van der Waals surface area (Å²) >= 11 is 0. The van der Waals surface area contributed by atoms with Crippen molar-refractivity contribution in [2.75, 3.05) is 49.3 Å². The molecule has 103 heavy (non-hydrogen) atoms. The van der Waals surface area contributed by atoms with Gasteiger partial charge in [0, 0.05) is 78.6 Å². The van der Waals surface area contributed by atoms with Gasteiger partial charge in [-0.2, -0.15) is 51.4 Å². The first-order valence-electron chi connectivity index (χ1n) is 30.5. The number of aliphatic hydroxyl groups is 1. The second-order valence-corrected chi connectivity index (χ2v) is 39.4. The number of aryl methyl sites for hydroxylation is 1. The number of phosphoric ester groups is 2. The molecule has 41 nitrogen and oxygen atoms in total. The summed E-state index contributed by atoms with van der Waals surface area (Å²) in [5, 5.41) is 13.1. The van der Waals surface area contributed by atoms with Crippen molar-refractivity contribution in [3.8, 4) is 0 Å². The van der Waals surface area contributed by atoms with E-state index in [0.717, 1.165) is 16.8 Å². The number of fused-ring (bicyclic) bond motifs is 2. The molecule has 580 valence electrons. The van der Waals surface area contributed by atoms with Crippen molar-refractivity contribution < 1.29 is 158 Å². The second kappa shape index (κ2) is 34.5. The number of hydrogen-bond acceptors (Lipinski definition) is 28. The number of allylic oxidation sites excluding steroid dienone is 6. The number of hydrogen-bond donors (Lipinski definition) is 12. The Labute approximate surface area is 589 Å². The summed E-state index contributed by atoms with van der Waals surface area (Å²) in [6.07, 6.45) is 6.85. The molecule has 10 atom stereocenters. The van der Waals surface area contributed by atoms with Gasteiger partial charge in [0.05, 0.1) is 46.0 Å². The molecule has 51 heteroatoms. The molecule has 3 aliphatic rings. The first-order valence-corrected chi connectivity index (χ1v) is 45.5. The number of carbonyl (C=O) groups is 1. The molecular formula is C52H77N5O36P6S4. The zero-order valence-corrected chi connectivity index (χ0v) is 63.5. The number of nitrogens with one attached hydrogen (secondary N) is 2. The third kappa shape index (κ3) is 26.2. The molecule has 12 N–H and O–H groups in total. The van der Waals surface area contributed by atoms with Crippen molar-refractivity contribution in [1.29, 1.82) is 0 Å². The average Bonchev–Trinajstić information content (AvgIpc) is 1.59. The van der Waals surface area contributed by atoms with Crippen LogP contribution in [0, 0.1) is 6.92 Å². The largest absolute Gasteiger partial charge is 0.744 e. The number of anilines is 1. The van der Waals surface area contributed by atoms with E-state index in [4.69, 9.17) is 4.74 Å². The first-order chi connectivity index (χ1) is 47.1. The first kappa shape index (κ1) is 87.6. The highest BCUT2D eigenvalue weighted by molar-refractivity contribution is 7.86. The van der Waals surface area contributed by atoms with Gasteiger partial charge in [0.2, 0.25) is 11.6 Å². The molecule has 0 radical (unpaired) electrons. The van der Waals surface area contributed by atoms with Crippen LogP contribution in [0.15, 0.2) is 98.1 Å². The maximum Gasteiger partial charge on any atom is 0.490 e. The van der Waals surface area contributed by atoms with Gasteiger partial charge < -0.3 is 54.0 Å². The quantitative estimate of drug-likeness (QED) is 0.0111. The highest BCUT2D eigenvalue weighted by atomic mass is 32.2. The fraction of sp³-hybridized carbons (Fsp3) is 0.538. The Bertz CT molecular complexity index is 4720. The predicted octanol–water partition coefficient (Wildman–Crippen LogP) is 5.40. The summed E-state index contributed by atoms with van der Waals surface area (Å²) in [5.74, 6) is -1.58. The van der Waals surface area contributed by atoms with Gasteiger partial charge in [0.1, 0.15) is 29.0 Å². The molecule has 2 aromatic carbocycles. The Balaban J connectivity index is 0.966. The topological polar surface area (TPSA) is 628 Å². The minimum absolute atomic E-state index is 0.0146. The Morgan fingerprint density at radius 3 is 1.85 bits per heavy atom. The number of aliphatic hydroxyl groups excluding tert-OH is 1. The lowest BCUT2D eigenvalue weighted by molar-refractivity contribution is -0.437. The number of phosphoric acid groups is 6. The van der Waals surface area contributed by atoms with E-state index in [1.165, 1.54) is 37.3 Å². The molecule has 0 aliphatic carbocycles. The predicted molar refractivity (Wildman–Crippen MR) is 358 cm³/mol. The van der Waals surface area contributed by atoms with Crippen LogP contribution in [-0.4, -0.2) is 169 Å². The molecule has 1 saturated heterocycles. The van der Waals surface area contributed by atoms with Gasteiger partial charge in [-0.3, -0.25) is 41.8 Å². The molecule has 1 aromatic heterocycles. The number of aromatic nitrogens is 2. The number of rotatable bonds is 41. The number of amides is 1. The third-order valence-corrected chi connectivity index (χ3v) is 28.3. The van der Waals surface area contributed by atoms with Crippen LogP contribution in [-0.2, 0) is 119 Å². The molecule has 1 amide bonds. The SMILES string of the molecule is Cc1cn([C@H]2C[C@H](O)[C@@H](COP(=O)(O)OP(=O)(O)OP(=O)(O)OP(=O)(O)OP(=O)(O)OP(=O)(O)OCCCCCCNC(=O)CCCCCC3(C)C(=CC=CC=CC4=[N+](CCCS(=O)(=O)O)c5ccc(S(=O)(=O)O)cc5C4(C)C)N(CCCS(=O)(=O)O)c4ccc(S(=O)(=O)[O-])cc43)O2)c(=O)[nH]c1=O. The zero-order valence-electron chi connectivity index (χ0n) is 54.8. The van der Waals surface area contributed by atoms with Gasteiger partial charge in [-0.25, -0.2) is 40.6 Å². The summed E-state index contributed by atoms with van der Waals surface area (Å²) in [6.45, 7) is 5.04. The van der Waals surface area contributed by atoms with Gasteiger partial charge in [0.15, 0.2) is 5.71 Å². The normalized spacial score (nSPS) is 22.7. The van der Waals surface area contributed by atoms with E-state index >= 15 is 0 Å². The molecule has 7 unspecified atom stereocenters. The number of H-pyrrole nitrogens is 1. The monoisotopic (exact) mass is 1660 g/mol. The fourth-order valence-corrected chi connectivity index (χ4v) is 21.0. The number of carbonyl (C=O) groups excluding carboxylic acids is 1. The summed E-state index contributed by atoms with van der Waals surface area (Å²) < 4.78 is 247. The van der Waals surface area contributed by atoms with Crippen molar-refractivity contribution in [2.45, 2.75) is 144 Å². The minimum Gasteiger partial charge on any atom is -0.744 e. The molecule has 4 heterocycles. The fourth-order valence-electron chi connectivity index (χ4n) is 11.2. The van der Waals surface area contributed by atoms with Crippen LogP contribution in [0.3, 0.4) is 0 Å². The van der Waals surface area contributed by atoms with Gasteiger partial charge in [-0.1, -0.05) is 43.9 Å². The van der Waals surface area contributed by atoms with Crippen molar-refractivity contribution in [3.63, 3.8) is 0 Å². The Morgan fingerprint density at radius 1 is 0.709 bits per heavy atom. The molecule has 6 rings (SSSR count). The maximum absolute atomic E-state index is 12.9. The van der Waals surface area contributed by atoms with Gasteiger partial charge in [-0.15, -0.1) is 0 Å². The summed E-state index contributed by atoms with van der Waals surface area (Å²) in [5.41, 5.74) is -0.741. The minimum atomic E-state index is -6.59. The lowest BCUT2D eigenvalue weighted by Gasteiger charge is -2.30. The van der Waals surface area contributed by atoms with Crippen molar-refractivity contribution >= 4 is 110 Å². The van der Waals surface area contributed by atoms with Crippen LogP contribution in [0.25, 0.3) is 0 Å². The van der Waals surface area contributed by atoms with Crippen LogP contribution in [0.2, 0.25) is 0 Å².